The molecule has 7 nitrogen and oxygen atoms in total. The lowest BCUT2D eigenvalue weighted by atomic mass is 9.90. The van der Waals surface area contributed by atoms with Crippen molar-refractivity contribution in [2.75, 3.05) is 13.1 Å². The highest BCUT2D eigenvalue weighted by Gasteiger charge is 2.30. The largest absolute Gasteiger partial charge is 0.338 e. The molecule has 0 unspecified atom stereocenters. The summed E-state index contributed by atoms with van der Waals surface area (Å²) < 4.78 is 0. The monoisotopic (exact) mass is 342 g/mol. The van der Waals surface area contributed by atoms with E-state index in [1.807, 2.05) is 35.2 Å². The Morgan fingerprint density at radius 2 is 2.12 bits per heavy atom. The lowest BCUT2D eigenvalue weighted by Gasteiger charge is -2.39. The number of rotatable bonds is 6. The Kier molecular flexibility index (Phi) is 5.75. The van der Waals surface area contributed by atoms with Gasteiger partial charge in [-0.1, -0.05) is 37.3 Å². The normalized spacial score (nSPS) is 20.6. The van der Waals surface area contributed by atoms with Gasteiger partial charge in [-0.2, -0.15) is 4.80 Å². The second-order valence-electron chi connectivity index (χ2n) is 6.69. The number of nitrogens with two attached hydrogens (primary N) is 1. The van der Waals surface area contributed by atoms with Crippen LogP contribution in [0.15, 0.2) is 30.3 Å². The topological polar surface area (TPSA) is 89.9 Å². The molecule has 25 heavy (non-hydrogen) atoms. The Morgan fingerprint density at radius 1 is 1.32 bits per heavy atom. The van der Waals surface area contributed by atoms with E-state index in [9.17, 15) is 4.79 Å². The number of tetrazole rings is 1. The van der Waals surface area contributed by atoms with Gasteiger partial charge in [0.2, 0.25) is 11.7 Å². The Hall–Kier alpha value is -2.28. The van der Waals surface area contributed by atoms with Crippen molar-refractivity contribution < 1.29 is 4.79 Å². The molecule has 1 aliphatic rings. The highest BCUT2D eigenvalue weighted by Crippen LogP contribution is 2.23. The maximum Gasteiger partial charge on any atom is 0.222 e. The van der Waals surface area contributed by atoms with Crippen LogP contribution >= 0.6 is 0 Å². The Morgan fingerprint density at radius 3 is 2.88 bits per heavy atom. The third-order valence-corrected chi connectivity index (χ3v) is 4.91. The van der Waals surface area contributed by atoms with E-state index in [4.69, 9.17) is 5.73 Å². The number of carbonyl (C=O) groups is 1. The van der Waals surface area contributed by atoms with Crippen molar-refractivity contribution in [1.82, 2.24) is 25.1 Å². The van der Waals surface area contributed by atoms with Crippen molar-refractivity contribution in [3.63, 3.8) is 0 Å². The van der Waals surface area contributed by atoms with E-state index < -0.39 is 0 Å². The maximum atomic E-state index is 12.5. The molecule has 0 radical (unpaired) electrons. The number of piperidine rings is 1. The molecule has 134 valence electrons. The minimum absolute atomic E-state index is 0.176. The van der Waals surface area contributed by atoms with Crippen molar-refractivity contribution in [2.45, 2.75) is 45.2 Å². The van der Waals surface area contributed by atoms with E-state index in [1.54, 1.807) is 4.80 Å². The fourth-order valence-corrected chi connectivity index (χ4v) is 3.47. The highest BCUT2D eigenvalue weighted by atomic mass is 16.2. The van der Waals surface area contributed by atoms with Crippen molar-refractivity contribution in [3.8, 4) is 11.4 Å². The SMILES string of the molecule is C[C@@H]1CCCN(C(=O)CCCn2nnc(-c3ccccc3)n2)[C@@H]1CN. The summed E-state index contributed by atoms with van der Waals surface area (Å²) in [6.45, 7) is 4.13. The molecule has 1 aromatic carbocycles. The predicted octanol–water partition coefficient (Wildman–Crippen LogP) is 1.71. The molecule has 1 saturated heterocycles. The molecule has 2 N–H and O–H groups in total. The zero-order valence-corrected chi connectivity index (χ0v) is 14.7. The number of hydrogen-bond acceptors (Lipinski definition) is 5. The smallest absolute Gasteiger partial charge is 0.222 e. The Labute approximate surface area is 148 Å². The zero-order chi connectivity index (χ0) is 17.6. The molecular weight excluding hydrogens is 316 g/mol. The minimum Gasteiger partial charge on any atom is -0.338 e. The summed E-state index contributed by atoms with van der Waals surface area (Å²) in [4.78, 5) is 16.1. The van der Waals surface area contributed by atoms with Gasteiger partial charge in [-0.3, -0.25) is 4.79 Å². The number of carbonyl (C=O) groups excluding carboxylic acids is 1. The first kappa shape index (κ1) is 17.5. The fourth-order valence-electron chi connectivity index (χ4n) is 3.47. The number of nitrogens with zero attached hydrogens (tertiary/aromatic N) is 5. The first-order valence-electron chi connectivity index (χ1n) is 9.02. The molecule has 1 aliphatic heterocycles. The van der Waals surface area contributed by atoms with Crippen molar-refractivity contribution in [3.05, 3.63) is 30.3 Å². The van der Waals surface area contributed by atoms with Crippen LogP contribution in [0.5, 0.6) is 0 Å². The summed E-state index contributed by atoms with van der Waals surface area (Å²) in [6, 6.07) is 9.93. The first-order chi connectivity index (χ1) is 12.2. The van der Waals surface area contributed by atoms with E-state index in [0.29, 0.717) is 37.7 Å². The molecule has 2 atom stereocenters. The highest BCUT2D eigenvalue weighted by molar-refractivity contribution is 5.76. The van der Waals surface area contributed by atoms with Gasteiger partial charge in [-0.05, 0) is 30.4 Å². The van der Waals surface area contributed by atoms with Crippen LogP contribution in [0.3, 0.4) is 0 Å². The van der Waals surface area contributed by atoms with Gasteiger partial charge in [-0.15, -0.1) is 10.2 Å². The van der Waals surface area contributed by atoms with Gasteiger partial charge in [-0.25, -0.2) is 0 Å². The summed E-state index contributed by atoms with van der Waals surface area (Å²) >= 11 is 0. The average molecular weight is 342 g/mol. The first-order valence-corrected chi connectivity index (χ1v) is 9.02. The van der Waals surface area contributed by atoms with Gasteiger partial charge in [0.05, 0.1) is 6.54 Å². The second-order valence-corrected chi connectivity index (χ2v) is 6.69. The Bertz CT molecular complexity index is 686. The molecule has 7 heteroatoms. The summed E-state index contributed by atoms with van der Waals surface area (Å²) in [6.07, 6.45) is 3.41. The van der Waals surface area contributed by atoms with E-state index in [2.05, 4.69) is 22.3 Å². The fraction of sp³-hybridized carbons (Fsp3) is 0.556. The number of aryl methyl sites for hydroxylation is 1. The maximum absolute atomic E-state index is 12.5. The van der Waals surface area contributed by atoms with Crippen LogP contribution in [0, 0.1) is 5.92 Å². The second kappa shape index (κ2) is 8.20. The molecule has 1 fully saturated rings. The van der Waals surface area contributed by atoms with Gasteiger partial charge in [0.1, 0.15) is 0 Å². The van der Waals surface area contributed by atoms with Crippen molar-refractivity contribution >= 4 is 5.91 Å². The van der Waals surface area contributed by atoms with Crippen molar-refractivity contribution in [1.29, 1.82) is 0 Å². The predicted molar refractivity (Wildman–Crippen MR) is 95.4 cm³/mol. The van der Waals surface area contributed by atoms with Crippen LogP contribution < -0.4 is 5.73 Å². The van der Waals surface area contributed by atoms with E-state index >= 15 is 0 Å². The zero-order valence-electron chi connectivity index (χ0n) is 14.7. The number of amides is 1. The molecule has 0 spiro atoms. The van der Waals surface area contributed by atoms with Crippen molar-refractivity contribution in [2.24, 2.45) is 11.7 Å². The van der Waals surface area contributed by atoms with E-state index in [1.165, 1.54) is 0 Å². The van der Waals surface area contributed by atoms with Gasteiger partial charge < -0.3 is 10.6 Å². The molecule has 1 aromatic heterocycles. The quantitative estimate of drug-likeness (QED) is 0.863. The van der Waals surface area contributed by atoms with Crippen LogP contribution in [-0.2, 0) is 11.3 Å². The molecule has 1 amide bonds. The summed E-state index contributed by atoms with van der Waals surface area (Å²) in [5.74, 6) is 1.28. The number of hydrogen-bond donors (Lipinski definition) is 1. The molecule has 2 heterocycles. The summed E-state index contributed by atoms with van der Waals surface area (Å²) in [5, 5.41) is 12.5. The van der Waals surface area contributed by atoms with E-state index in [-0.39, 0.29) is 11.9 Å². The van der Waals surface area contributed by atoms with Crippen LogP contribution in [0.1, 0.15) is 32.6 Å². The minimum atomic E-state index is 0.176. The standard InChI is InChI=1S/C18H26N6O/c1-14-7-5-11-23(16(14)13-19)17(25)10-6-12-24-21-18(20-22-24)15-8-3-2-4-9-15/h2-4,8-9,14,16H,5-7,10-13,19H2,1H3/t14-,16-/m1/s1. The summed E-state index contributed by atoms with van der Waals surface area (Å²) in [5.41, 5.74) is 6.82. The molecule has 3 rings (SSSR count). The third kappa shape index (κ3) is 4.22. The molecule has 2 aromatic rings. The average Bonchev–Trinajstić information content (AvgIpc) is 3.11. The van der Waals surface area contributed by atoms with Gasteiger partial charge >= 0.3 is 0 Å². The lowest BCUT2D eigenvalue weighted by Crippen LogP contribution is -2.51. The Balaban J connectivity index is 1.51. The molecular formula is C18H26N6O. The number of benzene rings is 1. The van der Waals surface area contributed by atoms with Crippen LogP contribution in [0.2, 0.25) is 0 Å². The summed E-state index contributed by atoms with van der Waals surface area (Å²) in [7, 11) is 0. The number of likely N-dealkylation sites (tertiary alicyclic amines) is 1. The van der Waals surface area contributed by atoms with Gasteiger partial charge in [0.25, 0.3) is 0 Å². The lowest BCUT2D eigenvalue weighted by molar-refractivity contribution is -0.136. The van der Waals surface area contributed by atoms with Crippen LogP contribution in [0.4, 0.5) is 0 Å². The van der Waals surface area contributed by atoms with E-state index in [0.717, 1.165) is 24.9 Å². The number of aromatic nitrogens is 4. The molecule has 0 aliphatic carbocycles. The third-order valence-electron chi connectivity index (χ3n) is 4.91. The molecule has 0 saturated carbocycles. The molecule has 0 bridgehead atoms. The van der Waals surface area contributed by atoms with Crippen LogP contribution in [-0.4, -0.2) is 50.1 Å². The van der Waals surface area contributed by atoms with Crippen LogP contribution in [0.25, 0.3) is 11.4 Å². The van der Waals surface area contributed by atoms with Gasteiger partial charge in [0.15, 0.2) is 0 Å². The van der Waals surface area contributed by atoms with Gasteiger partial charge in [0, 0.05) is 31.1 Å².